The Bertz CT molecular complexity index is 311. The number of hydrogen-bond donors (Lipinski definition) is 0. The summed E-state index contributed by atoms with van der Waals surface area (Å²) in [5, 5.41) is 0. The Hall–Kier alpha value is -1.37. The van der Waals surface area contributed by atoms with Crippen molar-refractivity contribution < 1.29 is 0 Å². The summed E-state index contributed by atoms with van der Waals surface area (Å²) < 4.78 is 0. The van der Waals surface area contributed by atoms with Crippen LogP contribution in [-0.2, 0) is 0 Å². The summed E-state index contributed by atoms with van der Waals surface area (Å²) in [4.78, 5) is 4.14. The summed E-state index contributed by atoms with van der Waals surface area (Å²) in [7, 11) is 1.80. The fraction of sp³-hybridized carbons (Fsp3) is 0.182. The van der Waals surface area contributed by atoms with Crippen LogP contribution in [0.4, 0.5) is 0 Å². The summed E-state index contributed by atoms with van der Waals surface area (Å²) >= 11 is 0. The largest absolute Gasteiger partial charge is 0.293 e. The van der Waals surface area contributed by atoms with E-state index in [0.29, 0.717) is 0 Å². The van der Waals surface area contributed by atoms with Crippen LogP contribution in [0.25, 0.3) is 6.08 Å². The standard InChI is InChI=1S/C11H13N/c1-4-10-7-5-6-8-11(10)9(2)12-3/h4-8H,1H2,2-3H3/b12-9-. The molecule has 0 amide bonds. The molecule has 1 nitrogen and oxygen atoms in total. The molecule has 0 N–H and O–H groups in total. The molecule has 0 saturated carbocycles. The van der Waals surface area contributed by atoms with Crippen molar-refractivity contribution in [2.75, 3.05) is 7.05 Å². The molecule has 62 valence electrons. The fourth-order valence-electron chi connectivity index (χ4n) is 1.12. The third-order valence-electron chi connectivity index (χ3n) is 1.91. The van der Waals surface area contributed by atoms with Gasteiger partial charge in [-0.05, 0) is 12.5 Å². The minimum atomic E-state index is 1.05. The van der Waals surface area contributed by atoms with Crippen LogP contribution < -0.4 is 0 Å². The predicted octanol–water partition coefficient (Wildman–Crippen LogP) is 2.77. The summed E-state index contributed by atoms with van der Waals surface area (Å²) in [6.07, 6.45) is 1.85. The average molecular weight is 159 g/mol. The lowest BCUT2D eigenvalue weighted by atomic mass is 10.0. The van der Waals surface area contributed by atoms with E-state index in [-0.39, 0.29) is 0 Å². The SMILES string of the molecule is C=Cc1ccccc1/C(C)=N\C. The molecule has 0 aliphatic heterocycles. The highest BCUT2D eigenvalue weighted by Gasteiger charge is 1.99. The van der Waals surface area contributed by atoms with Crippen molar-refractivity contribution in [3.8, 4) is 0 Å². The van der Waals surface area contributed by atoms with Gasteiger partial charge in [0.05, 0.1) is 0 Å². The Morgan fingerprint density at radius 1 is 1.42 bits per heavy atom. The highest BCUT2D eigenvalue weighted by Crippen LogP contribution is 2.10. The quantitative estimate of drug-likeness (QED) is 0.588. The van der Waals surface area contributed by atoms with Gasteiger partial charge in [0.1, 0.15) is 0 Å². The van der Waals surface area contributed by atoms with E-state index in [4.69, 9.17) is 0 Å². The van der Waals surface area contributed by atoms with Gasteiger partial charge in [-0.15, -0.1) is 0 Å². The molecular weight excluding hydrogens is 146 g/mol. The van der Waals surface area contributed by atoms with Crippen LogP contribution in [0, 0.1) is 0 Å². The first-order valence-electron chi connectivity index (χ1n) is 3.95. The van der Waals surface area contributed by atoms with Crippen molar-refractivity contribution in [3.63, 3.8) is 0 Å². The van der Waals surface area contributed by atoms with Crippen LogP contribution in [0.15, 0.2) is 35.8 Å². The normalized spacial score (nSPS) is 11.3. The van der Waals surface area contributed by atoms with Crippen LogP contribution >= 0.6 is 0 Å². The van der Waals surface area contributed by atoms with E-state index in [0.717, 1.165) is 16.8 Å². The number of aliphatic imine (C=N–C) groups is 1. The smallest absolute Gasteiger partial charge is 0.0392 e. The lowest BCUT2D eigenvalue weighted by Crippen LogP contribution is -1.96. The Labute approximate surface area is 73.5 Å². The molecule has 0 aliphatic carbocycles. The lowest BCUT2D eigenvalue weighted by Gasteiger charge is -2.03. The number of hydrogen-bond acceptors (Lipinski definition) is 1. The predicted molar refractivity (Wildman–Crippen MR) is 54.7 cm³/mol. The number of nitrogens with zero attached hydrogens (tertiary/aromatic N) is 1. The van der Waals surface area contributed by atoms with E-state index in [1.165, 1.54) is 0 Å². The highest BCUT2D eigenvalue weighted by molar-refractivity contribution is 6.01. The molecule has 0 aromatic heterocycles. The average Bonchev–Trinajstić information content (AvgIpc) is 2.16. The minimum Gasteiger partial charge on any atom is -0.293 e. The van der Waals surface area contributed by atoms with E-state index in [1.807, 2.05) is 31.2 Å². The van der Waals surface area contributed by atoms with Crippen molar-refractivity contribution in [2.24, 2.45) is 4.99 Å². The molecule has 1 heteroatoms. The minimum absolute atomic E-state index is 1.05. The van der Waals surface area contributed by atoms with Gasteiger partial charge in [-0.1, -0.05) is 36.9 Å². The highest BCUT2D eigenvalue weighted by atomic mass is 14.7. The van der Waals surface area contributed by atoms with Gasteiger partial charge < -0.3 is 0 Å². The van der Waals surface area contributed by atoms with Gasteiger partial charge in [0.15, 0.2) is 0 Å². The molecule has 0 saturated heterocycles. The van der Waals surface area contributed by atoms with Crippen molar-refractivity contribution >= 4 is 11.8 Å². The first-order valence-corrected chi connectivity index (χ1v) is 3.95. The Morgan fingerprint density at radius 3 is 2.67 bits per heavy atom. The van der Waals surface area contributed by atoms with Gasteiger partial charge in [0.25, 0.3) is 0 Å². The van der Waals surface area contributed by atoms with Crippen molar-refractivity contribution in [1.29, 1.82) is 0 Å². The first kappa shape index (κ1) is 8.72. The summed E-state index contributed by atoms with van der Waals surface area (Å²) in [6.45, 7) is 5.76. The third-order valence-corrected chi connectivity index (χ3v) is 1.91. The molecule has 0 atom stereocenters. The molecule has 0 spiro atoms. The van der Waals surface area contributed by atoms with Gasteiger partial charge in [0.2, 0.25) is 0 Å². The Kier molecular flexibility index (Phi) is 2.81. The zero-order valence-electron chi connectivity index (χ0n) is 7.54. The Balaban J connectivity index is 3.22. The molecule has 12 heavy (non-hydrogen) atoms. The Morgan fingerprint density at radius 2 is 2.08 bits per heavy atom. The fourth-order valence-corrected chi connectivity index (χ4v) is 1.12. The third kappa shape index (κ3) is 1.62. The van der Waals surface area contributed by atoms with Crippen molar-refractivity contribution in [2.45, 2.75) is 6.92 Å². The van der Waals surface area contributed by atoms with Crippen LogP contribution in [0.1, 0.15) is 18.1 Å². The first-order chi connectivity index (χ1) is 5.79. The summed E-state index contributed by atoms with van der Waals surface area (Å²) in [6, 6.07) is 8.11. The van der Waals surface area contributed by atoms with Crippen LogP contribution in [0.2, 0.25) is 0 Å². The zero-order chi connectivity index (χ0) is 8.97. The molecule has 0 unspecified atom stereocenters. The van der Waals surface area contributed by atoms with E-state index in [9.17, 15) is 0 Å². The molecule has 0 aliphatic rings. The summed E-state index contributed by atoms with van der Waals surface area (Å²) in [5.74, 6) is 0. The van der Waals surface area contributed by atoms with Crippen molar-refractivity contribution in [3.05, 3.63) is 42.0 Å². The second-order valence-corrected chi connectivity index (χ2v) is 2.60. The maximum Gasteiger partial charge on any atom is 0.0392 e. The molecular formula is C11H13N. The van der Waals surface area contributed by atoms with Gasteiger partial charge in [-0.25, -0.2) is 0 Å². The van der Waals surface area contributed by atoms with E-state index in [1.54, 1.807) is 7.05 Å². The number of rotatable bonds is 2. The van der Waals surface area contributed by atoms with E-state index in [2.05, 4.69) is 17.6 Å². The maximum atomic E-state index is 4.14. The van der Waals surface area contributed by atoms with Crippen LogP contribution in [-0.4, -0.2) is 12.8 Å². The van der Waals surface area contributed by atoms with Crippen LogP contribution in [0.5, 0.6) is 0 Å². The lowest BCUT2D eigenvalue weighted by molar-refractivity contribution is 1.40. The maximum absolute atomic E-state index is 4.14. The molecule has 1 aromatic carbocycles. The van der Waals surface area contributed by atoms with E-state index < -0.39 is 0 Å². The van der Waals surface area contributed by atoms with Gasteiger partial charge >= 0.3 is 0 Å². The molecule has 1 rings (SSSR count). The zero-order valence-corrected chi connectivity index (χ0v) is 7.54. The van der Waals surface area contributed by atoms with Crippen molar-refractivity contribution in [1.82, 2.24) is 0 Å². The van der Waals surface area contributed by atoms with Gasteiger partial charge in [-0.3, -0.25) is 4.99 Å². The molecule has 0 bridgehead atoms. The molecule has 0 radical (unpaired) electrons. The van der Waals surface area contributed by atoms with Gasteiger partial charge in [0, 0.05) is 18.3 Å². The van der Waals surface area contributed by atoms with Crippen LogP contribution in [0.3, 0.4) is 0 Å². The van der Waals surface area contributed by atoms with Gasteiger partial charge in [-0.2, -0.15) is 0 Å². The number of benzene rings is 1. The molecule has 0 heterocycles. The molecule has 1 aromatic rings. The monoisotopic (exact) mass is 159 g/mol. The van der Waals surface area contributed by atoms with E-state index >= 15 is 0 Å². The topological polar surface area (TPSA) is 12.4 Å². The second kappa shape index (κ2) is 3.86. The second-order valence-electron chi connectivity index (χ2n) is 2.60. The summed E-state index contributed by atoms with van der Waals surface area (Å²) in [5.41, 5.74) is 3.35. The molecule has 0 fully saturated rings.